The average Bonchev–Trinajstić information content (AvgIpc) is 2.35. The summed E-state index contributed by atoms with van der Waals surface area (Å²) in [6.07, 6.45) is 1.40. The fourth-order valence-electron chi connectivity index (χ4n) is 1.16. The summed E-state index contributed by atoms with van der Waals surface area (Å²) in [5.41, 5.74) is -0.0804. The van der Waals surface area contributed by atoms with E-state index in [1.165, 1.54) is 13.2 Å². The van der Waals surface area contributed by atoms with Crippen molar-refractivity contribution < 1.29 is 9.53 Å². The Hall–Kier alpha value is -1.60. The van der Waals surface area contributed by atoms with Gasteiger partial charge in [0.1, 0.15) is 5.02 Å². The largest absolute Gasteiger partial charge is 0.383 e. The number of nitrogens with one attached hydrogen (secondary N) is 2. The normalized spacial score (nSPS) is 10.2. The maximum Gasteiger partial charge on any atom is 0.287 e. The number of hydrogen-bond acceptors (Lipinski definition) is 5. The van der Waals surface area contributed by atoms with Crippen LogP contribution in [0.1, 0.15) is 0 Å². The number of hydrogen-bond donors (Lipinski definition) is 2. The molecule has 8 heteroatoms. The van der Waals surface area contributed by atoms with Crippen molar-refractivity contribution in [3.05, 3.63) is 21.6 Å². The number of anilines is 1. The van der Waals surface area contributed by atoms with E-state index >= 15 is 0 Å². The predicted octanol–water partition coefficient (Wildman–Crippen LogP) is -0.392. The lowest BCUT2D eigenvalue weighted by atomic mass is 10.4. The van der Waals surface area contributed by atoms with Crippen LogP contribution < -0.4 is 16.2 Å². The van der Waals surface area contributed by atoms with Crippen molar-refractivity contribution >= 4 is 23.2 Å². The molecule has 0 aromatic carbocycles. The number of halogens is 1. The summed E-state index contributed by atoms with van der Waals surface area (Å²) in [7, 11) is 3.05. The third kappa shape index (κ3) is 4.01. The molecule has 1 rings (SSSR count). The number of carbonyl (C=O) groups excluding carboxylic acids is 1. The monoisotopic (exact) mass is 274 g/mol. The lowest BCUT2D eigenvalue weighted by Crippen LogP contribution is -2.32. The number of aromatic nitrogens is 2. The number of carbonyl (C=O) groups is 1. The fourth-order valence-corrected chi connectivity index (χ4v) is 1.40. The fraction of sp³-hybridized carbons (Fsp3) is 0.500. The van der Waals surface area contributed by atoms with Crippen molar-refractivity contribution in [3.63, 3.8) is 0 Å². The molecule has 1 heterocycles. The molecule has 2 N–H and O–H groups in total. The Balaban J connectivity index is 2.51. The molecule has 0 spiro atoms. The molecule has 1 aromatic heterocycles. The minimum atomic E-state index is -0.415. The molecule has 0 saturated heterocycles. The van der Waals surface area contributed by atoms with Gasteiger partial charge in [-0.25, -0.2) is 4.68 Å². The van der Waals surface area contributed by atoms with Crippen molar-refractivity contribution in [1.82, 2.24) is 15.1 Å². The van der Waals surface area contributed by atoms with Gasteiger partial charge in [0.25, 0.3) is 5.56 Å². The van der Waals surface area contributed by atoms with Gasteiger partial charge in [0, 0.05) is 20.7 Å². The van der Waals surface area contributed by atoms with Gasteiger partial charge in [-0.05, 0) is 0 Å². The van der Waals surface area contributed by atoms with E-state index in [1.807, 2.05) is 0 Å². The molecule has 1 amide bonds. The number of aryl methyl sites for hydroxylation is 1. The first-order chi connectivity index (χ1) is 8.56. The van der Waals surface area contributed by atoms with Crippen LogP contribution >= 0.6 is 11.6 Å². The van der Waals surface area contributed by atoms with Crippen LogP contribution in [0.4, 0.5) is 5.69 Å². The Kier molecular flexibility index (Phi) is 5.60. The molecule has 0 atom stereocenters. The van der Waals surface area contributed by atoms with Gasteiger partial charge in [0.15, 0.2) is 0 Å². The first kappa shape index (κ1) is 14.5. The average molecular weight is 275 g/mol. The van der Waals surface area contributed by atoms with E-state index in [0.717, 1.165) is 4.68 Å². The summed E-state index contributed by atoms with van der Waals surface area (Å²) < 4.78 is 5.91. The Labute approximate surface area is 109 Å². The second kappa shape index (κ2) is 6.97. The SMILES string of the molecule is COCCNC(=O)CNc1cnn(C)c(=O)c1Cl. The summed E-state index contributed by atoms with van der Waals surface area (Å²) in [5, 5.41) is 9.18. The van der Waals surface area contributed by atoms with Gasteiger partial charge in [0.05, 0.1) is 25.0 Å². The minimum absolute atomic E-state index is 0.0113. The van der Waals surface area contributed by atoms with E-state index < -0.39 is 5.56 Å². The van der Waals surface area contributed by atoms with Gasteiger partial charge in [0.2, 0.25) is 5.91 Å². The number of amides is 1. The van der Waals surface area contributed by atoms with Crippen molar-refractivity contribution in [2.24, 2.45) is 7.05 Å². The van der Waals surface area contributed by atoms with Gasteiger partial charge >= 0.3 is 0 Å². The third-order valence-corrected chi connectivity index (χ3v) is 2.51. The van der Waals surface area contributed by atoms with Crippen LogP contribution in [0.15, 0.2) is 11.0 Å². The summed E-state index contributed by atoms with van der Waals surface area (Å²) in [6, 6.07) is 0. The minimum Gasteiger partial charge on any atom is -0.383 e. The number of rotatable bonds is 6. The second-order valence-corrected chi connectivity index (χ2v) is 3.88. The lowest BCUT2D eigenvalue weighted by molar-refractivity contribution is -0.119. The zero-order valence-corrected chi connectivity index (χ0v) is 11.0. The quantitative estimate of drug-likeness (QED) is 0.690. The summed E-state index contributed by atoms with van der Waals surface area (Å²) >= 11 is 5.82. The molecule has 18 heavy (non-hydrogen) atoms. The topological polar surface area (TPSA) is 85.2 Å². The van der Waals surface area contributed by atoms with Crippen LogP contribution in [-0.4, -0.2) is 42.5 Å². The molecule has 7 nitrogen and oxygen atoms in total. The van der Waals surface area contributed by atoms with Gasteiger partial charge < -0.3 is 15.4 Å². The van der Waals surface area contributed by atoms with Crippen LogP contribution in [0.5, 0.6) is 0 Å². The highest BCUT2D eigenvalue weighted by Crippen LogP contribution is 2.13. The highest BCUT2D eigenvalue weighted by atomic mass is 35.5. The number of ether oxygens (including phenoxy) is 1. The molecule has 0 aliphatic carbocycles. The molecule has 0 aliphatic heterocycles. The van der Waals surface area contributed by atoms with Crippen molar-refractivity contribution in [2.75, 3.05) is 32.1 Å². The van der Waals surface area contributed by atoms with E-state index in [0.29, 0.717) is 18.8 Å². The Morgan fingerprint density at radius 3 is 3.00 bits per heavy atom. The maximum atomic E-state index is 11.5. The Morgan fingerprint density at radius 2 is 2.33 bits per heavy atom. The van der Waals surface area contributed by atoms with Gasteiger partial charge in [-0.2, -0.15) is 5.10 Å². The summed E-state index contributed by atoms with van der Waals surface area (Å²) in [4.78, 5) is 22.8. The highest BCUT2D eigenvalue weighted by molar-refractivity contribution is 6.33. The van der Waals surface area contributed by atoms with Gasteiger partial charge in [-0.1, -0.05) is 11.6 Å². The van der Waals surface area contributed by atoms with Crippen molar-refractivity contribution in [1.29, 1.82) is 0 Å². The smallest absolute Gasteiger partial charge is 0.287 e. The molecule has 0 radical (unpaired) electrons. The van der Waals surface area contributed by atoms with Gasteiger partial charge in [-0.15, -0.1) is 0 Å². The van der Waals surface area contributed by atoms with Crippen LogP contribution in [0, 0.1) is 0 Å². The molecule has 0 fully saturated rings. The van der Waals surface area contributed by atoms with E-state index in [2.05, 4.69) is 15.7 Å². The lowest BCUT2D eigenvalue weighted by Gasteiger charge is -2.08. The van der Waals surface area contributed by atoms with Crippen LogP contribution in [-0.2, 0) is 16.6 Å². The second-order valence-electron chi connectivity index (χ2n) is 3.50. The zero-order chi connectivity index (χ0) is 13.5. The van der Waals surface area contributed by atoms with E-state index in [4.69, 9.17) is 16.3 Å². The summed E-state index contributed by atoms with van der Waals surface area (Å²) in [5.74, 6) is -0.219. The Morgan fingerprint density at radius 1 is 1.61 bits per heavy atom. The predicted molar refractivity (Wildman–Crippen MR) is 67.9 cm³/mol. The van der Waals surface area contributed by atoms with Crippen molar-refractivity contribution in [3.8, 4) is 0 Å². The first-order valence-electron chi connectivity index (χ1n) is 5.27. The number of nitrogens with zero attached hydrogens (tertiary/aromatic N) is 2. The number of methoxy groups -OCH3 is 1. The zero-order valence-electron chi connectivity index (χ0n) is 10.2. The highest BCUT2D eigenvalue weighted by Gasteiger charge is 2.08. The molecule has 0 unspecified atom stereocenters. The van der Waals surface area contributed by atoms with Crippen LogP contribution in [0.25, 0.3) is 0 Å². The van der Waals surface area contributed by atoms with E-state index in [-0.39, 0.29) is 17.5 Å². The molecular formula is C10H15ClN4O3. The standard InChI is InChI=1S/C10H15ClN4O3/c1-15-10(17)9(11)7(5-14-15)13-6-8(16)12-3-4-18-2/h5,13H,3-4,6H2,1-2H3,(H,12,16). The van der Waals surface area contributed by atoms with E-state index in [9.17, 15) is 9.59 Å². The molecular weight excluding hydrogens is 260 g/mol. The van der Waals surface area contributed by atoms with Crippen LogP contribution in [0.3, 0.4) is 0 Å². The third-order valence-electron chi connectivity index (χ3n) is 2.15. The molecule has 100 valence electrons. The van der Waals surface area contributed by atoms with Crippen molar-refractivity contribution in [2.45, 2.75) is 0 Å². The molecule has 0 saturated carbocycles. The molecule has 1 aromatic rings. The van der Waals surface area contributed by atoms with E-state index in [1.54, 1.807) is 7.11 Å². The maximum absolute atomic E-state index is 11.5. The van der Waals surface area contributed by atoms with Gasteiger partial charge in [-0.3, -0.25) is 9.59 Å². The first-order valence-corrected chi connectivity index (χ1v) is 5.65. The molecule has 0 aliphatic rings. The Bertz CT molecular complexity index is 475. The molecule has 0 bridgehead atoms. The van der Waals surface area contributed by atoms with Crippen LogP contribution in [0.2, 0.25) is 5.02 Å². The summed E-state index contributed by atoms with van der Waals surface area (Å²) in [6.45, 7) is 0.887.